The Hall–Kier alpha value is -0.970. The second kappa shape index (κ2) is 5.34. The Morgan fingerprint density at radius 1 is 1.39 bits per heavy atom. The van der Waals surface area contributed by atoms with Crippen molar-refractivity contribution in [2.24, 2.45) is 5.41 Å². The molecule has 1 saturated heterocycles. The molecule has 1 aromatic carbocycles. The molecule has 1 fully saturated rings. The SMILES string of the molecule is CC1(CNC(=O)Nc2ccc(Cl)c(Cl)c2)COC1. The van der Waals surface area contributed by atoms with Crippen LogP contribution in [0.25, 0.3) is 0 Å². The minimum atomic E-state index is -0.262. The van der Waals surface area contributed by atoms with Gasteiger partial charge in [-0.2, -0.15) is 0 Å². The Morgan fingerprint density at radius 2 is 2.11 bits per heavy atom. The number of hydrogen-bond donors (Lipinski definition) is 2. The van der Waals surface area contributed by atoms with E-state index in [2.05, 4.69) is 17.6 Å². The molecule has 0 atom stereocenters. The van der Waals surface area contributed by atoms with Gasteiger partial charge in [0.15, 0.2) is 0 Å². The maximum absolute atomic E-state index is 11.7. The highest BCUT2D eigenvalue weighted by Crippen LogP contribution is 2.26. The van der Waals surface area contributed by atoms with Gasteiger partial charge in [-0.05, 0) is 18.2 Å². The molecule has 6 heteroatoms. The molecule has 0 unspecified atom stereocenters. The minimum Gasteiger partial charge on any atom is -0.380 e. The number of carbonyl (C=O) groups is 1. The molecular formula is C12H14Cl2N2O2. The molecule has 2 rings (SSSR count). The predicted molar refractivity (Wildman–Crippen MR) is 72.4 cm³/mol. The van der Waals surface area contributed by atoms with Gasteiger partial charge in [0.1, 0.15) is 0 Å². The first-order valence-electron chi connectivity index (χ1n) is 5.56. The molecule has 0 aliphatic carbocycles. The summed E-state index contributed by atoms with van der Waals surface area (Å²) in [5.41, 5.74) is 0.659. The lowest BCUT2D eigenvalue weighted by Gasteiger charge is -2.37. The average molecular weight is 289 g/mol. The third-order valence-corrected chi connectivity index (χ3v) is 3.49. The molecule has 1 aliphatic rings. The van der Waals surface area contributed by atoms with E-state index in [1.807, 2.05) is 0 Å². The minimum absolute atomic E-state index is 0.0506. The lowest BCUT2D eigenvalue weighted by atomic mass is 9.89. The lowest BCUT2D eigenvalue weighted by Crippen LogP contribution is -2.49. The number of rotatable bonds is 3. The van der Waals surface area contributed by atoms with Gasteiger partial charge in [0, 0.05) is 17.6 Å². The number of nitrogens with one attached hydrogen (secondary N) is 2. The number of halogens is 2. The number of hydrogen-bond acceptors (Lipinski definition) is 2. The highest BCUT2D eigenvalue weighted by molar-refractivity contribution is 6.42. The van der Waals surface area contributed by atoms with Gasteiger partial charge in [-0.15, -0.1) is 0 Å². The Kier molecular flexibility index (Phi) is 4.00. The van der Waals surface area contributed by atoms with Crippen LogP contribution in [0.4, 0.5) is 10.5 Å². The highest BCUT2D eigenvalue weighted by atomic mass is 35.5. The number of amides is 2. The molecule has 1 aliphatic heterocycles. The molecule has 1 heterocycles. The van der Waals surface area contributed by atoms with Crippen molar-refractivity contribution in [3.63, 3.8) is 0 Å². The maximum atomic E-state index is 11.7. The zero-order valence-corrected chi connectivity index (χ0v) is 11.4. The molecule has 4 nitrogen and oxygen atoms in total. The monoisotopic (exact) mass is 288 g/mol. The first kappa shape index (κ1) is 13.5. The van der Waals surface area contributed by atoms with E-state index in [9.17, 15) is 4.79 Å². The van der Waals surface area contributed by atoms with Gasteiger partial charge in [-0.1, -0.05) is 30.1 Å². The summed E-state index contributed by atoms with van der Waals surface area (Å²) in [5.74, 6) is 0. The zero-order chi connectivity index (χ0) is 13.2. The zero-order valence-electron chi connectivity index (χ0n) is 9.93. The Bertz CT molecular complexity index is 461. The topological polar surface area (TPSA) is 50.4 Å². The first-order valence-corrected chi connectivity index (χ1v) is 6.32. The highest BCUT2D eigenvalue weighted by Gasteiger charge is 2.33. The molecule has 0 spiro atoms. The maximum Gasteiger partial charge on any atom is 0.319 e. The van der Waals surface area contributed by atoms with Gasteiger partial charge in [0.2, 0.25) is 0 Å². The van der Waals surface area contributed by atoms with Gasteiger partial charge in [0.05, 0.1) is 23.3 Å². The lowest BCUT2D eigenvalue weighted by molar-refractivity contribution is -0.0974. The van der Waals surface area contributed by atoms with Gasteiger partial charge < -0.3 is 15.4 Å². The molecule has 0 radical (unpaired) electrons. The van der Waals surface area contributed by atoms with E-state index in [-0.39, 0.29) is 11.4 Å². The van der Waals surface area contributed by atoms with Crippen LogP contribution in [0.3, 0.4) is 0 Å². The normalized spacial score (nSPS) is 16.8. The van der Waals surface area contributed by atoms with Crippen molar-refractivity contribution < 1.29 is 9.53 Å². The van der Waals surface area contributed by atoms with Crippen LogP contribution in [0.2, 0.25) is 10.0 Å². The van der Waals surface area contributed by atoms with Gasteiger partial charge in [-0.25, -0.2) is 4.79 Å². The first-order chi connectivity index (χ1) is 8.48. The van der Waals surface area contributed by atoms with Crippen LogP contribution in [0, 0.1) is 5.41 Å². The summed E-state index contributed by atoms with van der Waals surface area (Å²) in [6, 6.07) is 4.68. The number of benzene rings is 1. The van der Waals surface area contributed by atoms with Crippen molar-refractivity contribution in [1.29, 1.82) is 0 Å². The van der Waals surface area contributed by atoms with Crippen molar-refractivity contribution in [3.8, 4) is 0 Å². The summed E-state index contributed by atoms with van der Waals surface area (Å²) in [6.45, 7) is 4.01. The Labute approximate surface area is 116 Å². The van der Waals surface area contributed by atoms with Crippen LogP contribution in [0.1, 0.15) is 6.92 Å². The fourth-order valence-electron chi connectivity index (χ4n) is 1.60. The summed E-state index contributed by atoms with van der Waals surface area (Å²) in [7, 11) is 0. The number of urea groups is 1. The molecule has 98 valence electrons. The van der Waals surface area contributed by atoms with Crippen molar-refractivity contribution in [1.82, 2.24) is 5.32 Å². The van der Waals surface area contributed by atoms with E-state index in [4.69, 9.17) is 27.9 Å². The quantitative estimate of drug-likeness (QED) is 0.898. The van der Waals surface area contributed by atoms with Crippen molar-refractivity contribution in [2.45, 2.75) is 6.92 Å². The molecular weight excluding hydrogens is 275 g/mol. The Morgan fingerprint density at radius 3 is 2.67 bits per heavy atom. The van der Waals surface area contributed by atoms with Crippen LogP contribution < -0.4 is 10.6 Å². The van der Waals surface area contributed by atoms with Crippen LogP contribution in [0.5, 0.6) is 0 Å². The molecule has 1 aromatic rings. The summed E-state index contributed by atoms with van der Waals surface area (Å²) >= 11 is 11.6. The number of anilines is 1. The molecule has 2 N–H and O–H groups in total. The number of ether oxygens (including phenoxy) is 1. The molecule has 0 bridgehead atoms. The molecule has 18 heavy (non-hydrogen) atoms. The van der Waals surface area contributed by atoms with Crippen LogP contribution in [-0.2, 0) is 4.74 Å². The van der Waals surface area contributed by atoms with Crippen molar-refractivity contribution in [3.05, 3.63) is 28.2 Å². The van der Waals surface area contributed by atoms with Crippen LogP contribution in [-0.4, -0.2) is 25.8 Å². The largest absolute Gasteiger partial charge is 0.380 e. The third kappa shape index (κ3) is 3.28. The average Bonchev–Trinajstić information content (AvgIpc) is 2.29. The van der Waals surface area contributed by atoms with Crippen molar-refractivity contribution >= 4 is 34.9 Å². The smallest absolute Gasteiger partial charge is 0.319 e. The summed E-state index contributed by atoms with van der Waals surface area (Å²) in [4.78, 5) is 11.7. The van der Waals surface area contributed by atoms with Crippen molar-refractivity contribution in [2.75, 3.05) is 25.1 Å². The molecule has 0 saturated carbocycles. The fourth-order valence-corrected chi connectivity index (χ4v) is 1.89. The predicted octanol–water partition coefficient (Wildman–Crippen LogP) is 3.15. The second-order valence-electron chi connectivity index (χ2n) is 4.74. The van der Waals surface area contributed by atoms with Crippen LogP contribution in [0.15, 0.2) is 18.2 Å². The van der Waals surface area contributed by atoms with Gasteiger partial charge in [-0.3, -0.25) is 0 Å². The van der Waals surface area contributed by atoms with E-state index in [1.54, 1.807) is 18.2 Å². The van der Waals surface area contributed by atoms with E-state index in [1.165, 1.54) is 0 Å². The molecule has 2 amide bonds. The standard InChI is InChI=1S/C12H14Cl2N2O2/c1-12(6-18-7-12)5-15-11(17)16-8-2-3-9(13)10(14)4-8/h2-4H,5-7H2,1H3,(H2,15,16,17). The second-order valence-corrected chi connectivity index (χ2v) is 5.55. The third-order valence-electron chi connectivity index (χ3n) is 2.75. The van der Waals surface area contributed by atoms with Crippen LogP contribution >= 0.6 is 23.2 Å². The molecule has 0 aromatic heterocycles. The van der Waals surface area contributed by atoms with E-state index < -0.39 is 0 Å². The number of carbonyl (C=O) groups excluding carboxylic acids is 1. The van der Waals surface area contributed by atoms with E-state index >= 15 is 0 Å². The summed E-state index contributed by atoms with van der Waals surface area (Å²) in [5, 5.41) is 6.37. The van der Waals surface area contributed by atoms with Gasteiger partial charge >= 0.3 is 6.03 Å². The Balaban J connectivity index is 1.85. The fraction of sp³-hybridized carbons (Fsp3) is 0.417. The van der Waals surface area contributed by atoms with E-state index in [0.29, 0.717) is 35.5 Å². The van der Waals surface area contributed by atoms with Gasteiger partial charge in [0.25, 0.3) is 0 Å². The van der Waals surface area contributed by atoms with E-state index in [0.717, 1.165) is 0 Å². The summed E-state index contributed by atoms with van der Waals surface area (Å²) < 4.78 is 5.11. The summed E-state index contributed by atoms with van der Waals surface area (Å²) in [6.07, 6.45) is 0.